The summed E-state index contributed by atoms with van der Waals surface area (Å²) < 4.78 is 40.6. The van der Waals surface area contributed by atoms with Gasteiger partial charge in [0.2, 0.25) is 15.9 Å². The van der Waals surface area contributed by atoms with Gasteiger partial charge in [-0.2, -0.15) is 0 Å². The Morgan fingerprint density at radius 1 is 1.45 bits per heavy atom. The van der Waals surface area contributed by atoms with E-state index in [1.807, 2.05) is 0 Å². The average molecular weight is 366 g/mol. The monoisotopic (exact) mass is 365 g/mol. The summed E-state index contributed by atoms with van der Waals surface area (Å²) in [6.45, 7) is 0.184. The highest BCUT2D eigenvalue weighted by Crippen LogP contribution is 2.26. The number of hydrogen-bond donors (Lipinski definition) is 3. The lowest BCUT2D eigenvalue weighted by molar-refractivity contribution is -0.122. The minimum atomic E-state index is -4.04. The summed E-state index contributed by atoms with van der Waals surface area (Å²) in [6.07, 6.45) is 0.604. The third kappa shape index (κ3) is 3.28. The summed E-state index contributed by atoms with van der Waals surface area (Å²) >= 11 is 2.92. The van der Waals surface area contributed by atoms with Gasteiger partial charge in [0.05, 0.1) is 4.47 Å². The summed E-state index contributed by atoms with van der Waals surface area (Å²) in [5, 5.41) is 2.55. The molecule has 9 heteroatoms. The molecule has 0 aliphatic carbocycles. The van der Waals surface area contributed by atoms with Crippen molar-refractivity contribution < 1.29 is 17.6 Å². The molecular weight excluding hydrogens is 353 g/mol. The van der Waals surface area contributed by atoms with Crippen LogP contribution in [-0.4, -0.2) is 26.9 Å². The average Bonchev–Trinajstić information content (AvgIpc) is 2.36. The van der Waals surface area contributed by atoms with Gasteiger partial charge < -0.3 is 11.1 Å². The van der Waals surface area contributed by atoms with E-state index < -0.39 is 26.8 Å². The van der Waals surface area contributed by atoms with Gasteiger partial charge >= 0.3 is 0 Å². The van der Waals surface area contributed by atoms with Crippen LogP contribution in [-0.2, 0) is 14.8 Å². The van der Waals surface area contributed by atoms with Gasteiger partial charge in [0.25, 0.3) is 0 Å². The van der Waals surface area contributed by atoms with E-state index in [1.165, 1.54) is 6.07 Å². The summed E-state index contributed by atoms with van der Waals surface area (Å²) in [5.74, 6) is -1.02. The number of nitrogen functional groups attached to an aromatic ring is 1. The molecule has 1 amide bonds. The molecule has 0 bridgehead atoms. The highest BCUT2D eigenvalue weighted by Gasteiger charge is 2.27. The summed E-state index contributed by atoms with van der Waals surface area (Å²) in [6, 6.07) is 1.89. The summed E-state index contributed by atoms with van der Waals surface area (Å²) in [4.78, 5) is 10.5. The summed E-state index contributed by atoms with van der Waals surface area (Å²) in [5.41, 5.74) is 5.67. The van der Waals surface area contributed by atoms with E-state index in [0.29, 0.717) is 6.42 Å². The fraction of sp³-hybridized carbons (Fsp3) is 0.364. The maximum atomic E-state index is 13.9. The number of benzene rings is 1. The number of nitrogens with two attached hydrogens (primary N) is 1. The quantitative estimate of drug-likeness (QED) is 0.687. The molecule has 6 nitrogen and oxygen atoms in total. The normalized spacial score (nSPS) is 19.7. The zero-order valence-corrected chi connectivity index (χ0v) is 12.7. The number of piperidine rings is 1. The van der Waals surface area contributed by atoms with Crippen molar-refractivity contribution in [1.82, 2.24) is 10.0 Å². The van der Waals surface area contributed by atoms with Crippen LogP contribution in [0.3, 0.4) is 0 Å². The minimum Gasteiger partial charge on any atom is -0.399 e. The molecule has 110 valence electrons. The van der Waals surface area contributed by atoms with Crippen molar-refractivity contribution in [3.8, 4) is 0 Å². The van der Waals surface area contributed by atoms with Crippen LogP contribution in [0, 0.1) is 5.82 Å². The van der Waals surface area contributed by atoms with Crippen molar-refractivity contribution in [3.63, 3.8) is 0 Å². The molecule has 1 aliphatic rings. The molecule has 1 aliphatic heterocycles. The first-order valence-electron chi connectivity index (χ1n) is 5.83. The fourth-order valence-electron chi connectivity index (χ4n) is 1.90. The van der Waals surface area contributed by atoms with E-state index >= 15 is 0 Å². The predicted octanol–water partition coefficient (Wildman–Crippen LogP) is 0.727. The Bertz CT molecular complexity index is 641. The number of anilines is 1. The second-order valence-corrected chi connectivity index (χ2v) is 7.01. The molecule has 0 aromatic heterocycles. The first-order valence-corrected chi connectivity index (χ1v) is 8.11. The van der Waals surface area contributed by atoms with Crippen molar-refractivity contribution in [1.29, 1.82) is 0 Å². The second kappa shape index (κ2) is 5.66. The van der Waals surface area contributed by atoms with Crippen LogP contribution in [0.4, 0.5) is 10.1 Å². The molecule has 0 saturated carbocycles. The molecule has 1 unspecified atom stereocenters. The topological polar surface area (TPSA) is 101 Å². The van der Waals surface area contributed by atoms with Crippen molar-refractivity contribution in [2.75, 3.05) is 12.3 Å². The van der Waals surface area contributed by atoms with Crippen LogP contribution in [0.25, 0.3) is 0 Å². The van der Waals surface area contributed by atoms with Gasteiger partial charge in [-0.3, -0.25) is 4.79 Å². The van der Waals surface area contributed by atoms with Gasteiger partial charge in [-0.25, -0.2) is 17.5 Å². The Hall–Kier alpha value is -1.19. The lowest BCUT2D eigenvalue weighted by atomic mass is 10.1. The van der Waals surface area contributed by atoms with E-state index in [-0.39, 0.29) is 29.0 Å². The van der Waals surface area contributed by atoms with Crippen LogP contribution in [0.5, 0.6) is 0 Å². The maximum absolute atomic E-state index is 13.9. The van der Waals surface area contributed by atoms with Crippen molar-refractivity contribution >= 4 is 37.5 Å². The Morgan fingerprint density at radius 2 is 2.15 bits per heavy atom. The number of amides is 1. The number of carbonyl (C=O) groups is 1. The maximum Gasteiger partial charge on any atom is 0.243 e. The van der Waals surface area contributed by atoms with Crippen molar-refractivity contribution in [2.24, 2.45) is 0 Å². The molecule has 0 radical (unpaired) electrons. The van der Waals surface area contributed by atoms with Crippen molar-refractivity contribution in [3.05, 3.63) is 22.4 Å². The lowest BCUT2D eigenvalue weighted by Crippen LogP contribution is -2.47. The van der Waals surface area contributed by atoms with Crippen LogP contribution in [0.1, 0.15) is 12.8 Å². The summed E-state index contributed by atoms with van der Waals surface area (Å²) in [7, 11) is -4.04. The Balaban J connectivity index is 2.25. The molecule has 1 fully saturated rings. The van der Waals surface area contributed by atoms with E-state index in [1.54, 1.807) is 0 Å². The van der Waals surface area contributed by atoms with Gasteiger partial charge in [-0.1, -0.05) is 0 Å². The molecule has 1 aromatic rings. The number of halogens is 2. The zero-order valence-electron chi connectivity index (χ0n) is 10.3. The van der Waals surface area contributed by atoms with Crippen LogP contribution < -0.4 is 15.8 Å². The molecule has 1 aromatic carbocycles. The van der Waals surface area contributed by atoms with Gasteiger partial charge in [-0.15, -0.1) is 0 Å². The van der Waals surface area contributed by atoms with Crippen molar-refractivity contribution in [2.45, 2.75) is 23.8 Å². The van der Waals surface area contributed by atoms with E-state index in [0.717, 1.165) is 6.07 Å². The minimum absolute atomic E-state index is 0.0187. The number of rotatable bonds is 3. The molecule has 1 saturated heterocycles. The van der Waals surface area contributed by atoms with Crippen LogP contribution >= 0.6 is 15.9 Å². The Kier molecular flexibility index (Phi) is 4.31. The largest absolute Gasteiger partial charge is 0.399 e. The van der Waals surface area contributed by atoms with Gasteiger partial charge in [-0.05, 0) is 34.5 Å². The smallest absolute Gasteiger partial charge is 0.243 e. The van der Waals surface area contributed by atoms with Gasteiger partial charge in [0.15, 0.2) is 5.82 Å². The Labute approximate surface area is 124 Å². The fourth-order valence-corrected chi connectivity index (χ4v) is 3.91. The van der Waals surface area contributed by atoms with E-state index in [9.17, 15) is 17.6 Å². The first kappa shape index (κ1) is 15.2. The standard InChI is InChI=1S/C11H13BrFN3O3S/c12-8-3-6(14)4-9(11(8)13)20(18,19)16-7-1-2-10(17)15-5-7/h3-4,7,16H,1-2,5,14H2,(H,15,17). The molecule has 4 N–H and O–H groups in total. The van der Waals surface area contributed by atoms with E-state index in [2.05, 4.69) is 26.0 Å². The first-order chi connectivity index (χ1) is 9.29. The van der Waals surface area contributed by atoms with Crippen LogP contribution in [0.15, 0.2) is 21.5 Å². The highest BCUT2D eigenvalue weighted by molar-refractivity contribution is 9.10. The van der Waals surface area contributed by atoms with Crippen LogP contribution in [0.2, 0.25) is 0 Å². The molecule has 1 atom stereocenters. The predicted molar refractivity (Wildman–Crippen MR) is 74.9 cm³/mol. The third-order valence-corrected chi connectivity index (χ3v) is 4.99. The third-order valence-electron chi connectivity index (χ3n) is 2.89. The number of hydrogen-bond acceptors (Lipinski definition) is 4. The second-order valence-electron chi connectivity index (χ2n) is 4.48. The highest BCUT2D eigenvalue weighted by atomic mass is 79.9. The van der Waals surface area contributed by atoms with E-state index in [4.69, 9.17) is 5.73 Å². The number of nitrogens with one attached hydrogen (secondary N) is 2. The number of sulfonamides is 1. The molecular formula is C11H13BrFN3O3S. The molecule has 0 spiro atoms. The molecule has 1 heterocycles. The Morgan fingerprint density at radius 3 is 2.75 bits per heavy atom. The zero-order chi connectivity index (χ0) is 14.9. The lowest BCUT2D eigenvalue weighted by Gasteiger charge is -2.23. The SMILES string of the molecule is Nc1cc(Br)c(F)c(S(=O)(=O)NC2CCC(=O)NC2)c1. The van der Waals surface area contributed by atoms with Gasteiger partial charge in [0, 0.05) is 24.7 Å². The molecule has 2 rings (SSSR count). The number of carbonyl (C=O) groups excluding carboxylic acids is 1. The van der Waals surface area contributed by atoms with Gasteiger partial charge in [0.1, 0.15) is 4.90 Å². The molecule has 20 heavy (non-hydrogen) atoms.